The van der Waals surface area contributed by atoms with E-state index < -0.39 is 35.5 Å². The number of para-hydroxylation sites is 2. The molecule has 0 bridgehead atoms. The molecule has 0 spiro atoms. The normalized spacial score (nSPS) is 11.1. The van der Waals surface area contributed by atoms with Gasteiger partial charge in [-0.3, -0.25) is 20.2 Å². The third-order valence-electron chi connectivity index (χ3n) is 3.57. The van der Waals surface area contributed by atoms with Crippen LogP contribution in [0.25, 0.3) is 0 Å². The molecule has 0 fully saturated rings. The molecule has 0 aliphatic heterocycles. The number of hydrogen-bond donors (Lipinski definition) is 2. The molecular formula is C19H19N3O7. The highest BCUT2D eigenvalue weighted by Crippen LogP contribution is 2.26. The van der Waals surface area contributed by atoms with Gasteiger partial charge in [0.05, 0.1) is 4.92 Å². The number of urea groups is 1. The summed E-state index contributed by atoms with van der Waals surface area (Å²) in [6.45, 7) is 1.32. The molecule has 1 atom stereocenters. The zero-order chi connectivity index (χ0) is 21.2. The number of amides is 3. The van der Waals surface area contributed by atoms with Crippen molar-refractivity contribution in [2.75, 3.05) is 13.2 Å². The summed E-state index contributed by atoms with van der Waals surface area (Å²) < 4.78 is 10.3. The molecule has 0 aliphatic rings. The Labute approximate surface area is 166 Å². The second kappa shape index (κ2) is 10.4. The first-order valence-corrected chi connectivity index (χ1v) is 8.61. The van der Waals surface area contributed by atoms with Crippen molar-refractivity contribution < 1.29 is 28.8 Å². The molecule has 10 heteroatoms. The lowest BCUT2D eigenvalue weighted by Gasteiger charge is -2.17. The van der Waals surface area contributed by atoms with Gasteiger partial charge in [0.15, 0.2) is 12.4 Å². The van der Waals surface area contributed by atoms with Crippen LogP contribution in [0.4, 0.5) is 10.5 Å². The van der Waals surface area contributed by atoms with Gasteiger partial charge in [-0.05, 0) is 13.0 Å². The third-order valence-corrected chi connectivity index (χ3v) is 3.57. The van der Waals surface area contributed by atoms with Crippen LogP contribution in [0, 0.1) is 10.1 Å². The Kier molecular flexibility index (Phi) is 7.66. The monoisotopic (exact) mass is 401 g/mol. The number of ether oxygens (including phenoxy) is 2. The first-order valence-electron chi connectivity index (χ1n) is 8.61. The number of benzene rings is 2. The summed E-state index contributed by atoms with van der Waals surface area (Å²) in [5.74, 6) is -1.90. The topological polar surface area (TPSA) is 137 Å². The fourth-order valence-corrected chi connectivity index (χ4v) is 2.32. The largest absolute Gasteiger partial charge is 0.475 e. The summed E-state index contributed by atoms with van der Waals surface area (Å²) in [7, 11) is 0. The van der Waals surface area contributed by atoms with E-state index in [-0.39, 0.29) is 11.4 Å². The van der Waals surface area contributed by atoms with Gasteiger partial charge < -0.3 is 14.8 Å². The van der Waals surface area contributed by atoms with Crippen LogP contribution in [-0.2, 0) is 14.3 Å². The number of nitrogens with zero attached hydrogens (tertiary/aromatic N) is 1. The Hall–Kier alpha value is -3.95. The first-order chi connectivity index (χ1) is 13.9. The maximum Gasteiger partial charge on any atom is 0.345 e. The van der Waals surface area contributed by atoms with Crippen molar-refractivity contribution >= 4 is 23.6 Å². The van der Waals surface area contributed by atoms with Gasteiger partial charge in [-0.15, -0.1) is 0 Å². The van der Waals surface area contributed by atoms with E-state index >= 15 is 0 Å². The molecule has 0 heterocycles. The number of hydrogen-bond acceptors (Lipinski definition) is 7. The van der Waals surface area contributed by atoms with E-state index in [0.717, 1.165) is 0 Å². The van der Waals surface area contributed by atoms with E-state index in [1.54, 1.807) is 37.3 Å². The van der Waals surface area contributed by atoms with Crippen LogP contribution < -0.4 is 15.4 Å². The van der Waals surface area contributed by atoms with Crippen LogP contribution in [0.5, 0.6) is 5.75 Å². The molecule has 0 aromatic heterocycles. The molecule has 0 unspecified atom stereocenters. The van der Waals surface area contributed by atoms with Crippen molar-refractivity contribution in [3.63, 3.8) is 0 Å². The second-order valence-electron chi connectivity index (χ2n) is 5.64. The van der Waals surface area contributed by atoms with E-state index in [1.165, 1.54) is 24.3 Å². The average Bonchev–Trinajstić information content (AvgIpc) is 2.71. The maximum absolute atomic E-state index is 12.4. The predicted molar refractivity (Wildman–Crippen MR) is 101 cm³/mol. The van der Waals surface area contributed by atoms with Gasteiger partial charge in [0.25, 0.3) is 5.91 Å². The minimum absolute atomic E-state index is 0.113. The number of carbonyl (C=O) groups is 3. The molecular weight excluding hydrogens is 382 g/mol. The van der Waals surface area contributed by atoms with Crippen LogP contribution in [0.1, 0.15) is 18.6 Å². The predicted octanol–water partition coefficient (Wildman–Crippen LogP) is 2.10. The lowest BCUT2D eigenvalue weighted by Crippen LogP contribution is -2.42. The summed E-state index contributed by atoms with van der Waals surface area (Å²) in [6.07, 6.45) is -1.40. The summed E-state index contributed by atoms with van der Waals surface area (Å²) in [5.41, 5.74) is 0.0298. The van der Waals surface area contributed by atoms with E-state index in [4.69, 9.17) is 9.47 Å². The molecule has 2 aromatic carbocycles. The molecule has 0 aliphatic carbocycles. The fraction of sp³-hybridized carbons (Fsp3) is 0.211. The molecule has 2 rings (SSSR count). The Bertz CT molecular complexity index is 886. The van der Waals surface area contributed by atoms with Gasteiger partial charge in [-0.2, -0.15) is 0 Å². The van der Waals surface area contributed by atoms with Gasteiger partial charge >= 0.3 is 17.7 Å². The molecule has 3 amide bonds. The van der Waals surface area contributed by atoms with E-state index in [0.29, 0.717) is 12.1 Å². The molecule has 152 valence electrons. The van der Waals surface area contributed by atoms with E-state index in [9.17, 15) is 24.5 Å². The van der Waals surface area contributed by atoms with Gasteiger partial charge in [-0.1, -0.05) is 42.5 Å². The number of nitrogens with one attached hydrogen (secondary N) is 2. The number of nitro benzene ring substituents is 1. The lowest BCUT2D eigenvalue weighted by molar-refractivity contribution is -0.385. The van der Waals surface area contributed by atoms with Gasteiger partial charge in [-0.25, -0.2) is 9.59 Å². The smallest absolute Gasteiger partial charge is 0.345 e. The first kappa shape index (κ1) is 21.4. The quantitative estimate of drug-likeness (QED) is 0.392. The van der Waals surface area contributed by atoms with Crippen LogP contribution in [-0.4, -0.2) is 36.0 Å². The highest BCUT2D eigenvalue weighted by molar-refractivity contribution is 5.97. The Morgan fingerprint density at radius 2 is 1.72 bits per heavy atom. The van der Waals surface area contributed by atoms with Crippen LogP contribution in [0.2, 0.25) is 0 Å². The Balaban J connectivity index is 2.08. The van der Waals surface area contributed by atoms with Crippen molar-refractivity contribution in [3.8, 4) is 5.75 Å². The van der Waals surface area contributed by atoms with Crippen molar-refractivity contribution in [1.29, 1.82) is 0 Å². The number of esters is 1. The molecule has 0 saturated heterocycles. The minimum atomic E-state index is -1.40. The molecule has 0 saturated carbocycles. The molecule has 29 heavy (non-hydrogen) atoms. The standard InChI is InChI=1S/C19H19N3O7/c1-2-20-19(25)21-18(24)17(13-8-4-3-5-9-13)29-16(23)12-28-15-11-7-6-10-14(15)22(26)27/h3-11,17H,2,12H2,1H3,(H2,20,21,24,25)/t17-/m1/s1. The van der Waals surface area contributed by atoms with Crippen molar-refractivity contribution in [1.82, 2.24) is 10.6 Å². The zero-order valence-electron chi connectivity index (χ0n) is 15.5. The third kappa shape index (κ3) is 6.31. The van der Waals surface area contributed by atoms with Gasteiger partial charge in [0.2, 0.25) is 6.10 Å². The van der Waals surface area contributed by atoms with Crippen LogP contribution >= 0.6 is 0 Å². The highest BCUT2D eigenvalue weighted by Gasteiger charge is 2.27. The lowest BCUT2D eigenvalue weighted by atomic mass is 10.1. The maximum atomic E-state index is 12.4. The van der Waals surface area contributed by atoms with Crippen LogP contribution in [0.15, 0.2) is 54.6 Å². The minimum Gasteiger partial charge on any atom is -0.475 e. The van der Waals surface area contributed by atoms with Gasteiger partial charge in [0.1, 0.15) is 0 Å². The summed E-state index contributed by atoms with van der Waals surface area (Å²) in [6, 6.07) is 12.9. The number of rotatable bonds is 8. The SMILES string of the molecule is CCNC(=O)NC(=O)[C@H](OC(=O)COc1ccccc1[N+](=O)[O-])c1ccccc1. The average molecular weight is 401 g/mol. The summed E-state index contributed by atoms with van der Waals surface area (Å²) in [5, 5.41) is 15.5. The molecule has 0 radical (unpaired) electrons. The second-order valence-corrected chi connectivity index (χ2v) is 5.64. The Morgan fingerprint density at radius 1 is 1.07 bits per heavy atom. The zero-order valence-corrected chi connectivity index (χ0v) is 15.5. The van der Waals surface area contributed by atoms with Crippen molar-refractivity contribution in [3.05, 3.63) is 70.3 Å². The van der Waals surface area contributed by atoms with Crippen LogP contribution in [0.3, 0.4) is 0 Å². The van der Waals surface area contributed by atoms with Crippen molar-refractivity contribution in [2.24, 2.45) is 0 Å². The number of imide groups is 1. The summed E-state index contributed by atoms with van der Waals surface area (Å²) >= 11 is 0. The molecule has 2 N–H and O–H groups in total. The molecule has 2 aromatic rings. The van der Waals surface area contributed by atoms with Gasteiger partial charge in [0, 0.05) is 18.2 Å². The van der Waals surface area contributed by atoms with E-state index in [1.807, 2.05) is 0 Å². The molecule has 10 nitrogen and oxygen atoms in total. The van der Waals surface area contributed by atoms with E-state index in [2.05, 4.69) is 10.6 Å². The highest BCUT2D eigenvalue weighted by atomic mass is 16.6. The Morgan fingerprint density at radius 3 is 2.38 bits per heavy atom. The summed E-state index contributed by atoms with van der Waals surface area (Å²) in [4.78, 5) is 46.6. The van der Waals surface area contributed by atoms with Crippen molar-refractivity contribution in [2.45, 2.75) is 13.0 Å². The number of nitro groups is 1. The number of carbonyl (C=O) groups excluding carboxylic acids is 3. The fourth-order valence-electron chi connectivity index (χ4n) is 2.32.